The Hall–Kier alpha value is -2.36. The predicted octanol–water partition coefficient (Wildman–Crippen LogP) is 2.98. The van der Waals surface area contributed by atoms with Crippen LogP contribution in [-0.4, -0.2) is 21.7 Å². The highest BCUT2D eigenvalue weighted by Gasteiger charge is 2.12. The Morgan fingerprint density at radius 2 is 2.16 bits per heavy atom. The Balaban J connectivity index is 1.88. The second-order valence-corrected chi connectivity index (χ2v) is 4.90. The quantitative estimate of drug-likeness (QED) is 0.698. The summed E-state index contributed by atoms with van der Waals surface area (Å²) in [5.74, 6) is 0. The standard InChI is InChI=1S/C15H14N4/c1-2-10-3-4-11(8-13(10)17-6-1)15-12-5-7-16-9-14(12)18-19-15/h3-5,7-9,17H,1-2,6H2,(H,18,19). The third-order valence-electron chi connectivity index (χ3n) is 3.69. The number of H-pyrrole nitrogens is 1. The molecule has 1 aliphatic rings. The van der Waals surface area contributed by atoms with E-state index in [1.807, 2.05) is 12.3 Å². The molecule has 1 aromatic carbocycles. The molecule has 0 bridgehead atoms. The summed E-state index contributed by atoms with van der Waals surface area (Å²) in [5, 5.41) is 12.0. The summed E-state index contributed by atoms with van der Waals surface area (Å²) in [6.07, 6.45) is 5.98. The maximum atomic E-state index is 4.42. The average molecular weight is 250 g/mol. The van der Waals surface area contributed by atoms with Gasteiger partial charge in [0.2, 0.25) is 0 Å². The van der Waals surface area contributed by atoms with Crippen molar-refractivity contribution < 1.29 is 0 Å². The smallest absolute Gasteiger partial charge is 0.100 e. The highest BCUT2D eigenvalue weighted by Crippen LogP contribution is 2.31. The molecular weight excluding hydrogens is 236 g/mol. The molecule has 2 aromatic heterocycles. The van der Waals surface area contributed by atoms with Crippen molar-refractivity contribution in [3.63, 3.8) is 0 Å². The van der Waals surface area contributed by atoms with Crippen LogP contribution in [-0.2, 0) is 6.42 Å². The summed E-state index contributed by atoms with van der Waals surface area (Å²) in [7, 11) is 0. The van der Waals surface area contributed by atoms with Crippen LogP contribution in [0.15, 0.2) is 36.7 Å². The lowest BCUT2D eigenvalue weighted by molar-refractivity contribution is 0.830. The van der Waals surface area contributed by atoms with Gasteiger partial charge in [-0.25, -0.2) is 0 Å². The molecule has 94 valence electrons. The molecule has 3 aromatic rings. The maximum Gasteiger partial charge on any atom is 0.100 e. The lowest BCUT2D eigenvalue weighted by Crippen LogP contribution is -2.11. The SMILES string of the molecule is c1cc2c(-c3ccc4c(c3)NCCC4)n[nH]c2cn1. The molecule has 4 nitrogen and oxygen atoms in total. The Labute approximate surface area is 110 Å². The monoisotopic (exact) mass is 250 g/mol. The molecule has 0 unspecified atom stereocenters. The molecule has 2 N–H and O–H groups in total. The van der Waals surface area contributed by atoms with Crippen LogP contribution in [0.5, 0.6) is 0 Å². The average Bonchev–Trinajstić information content (AvgIpc) is 2.91. The minimum atomic E-state index is 0.975. The van der Waals surface area contributed by atoms with Crippen molar-refractivity contribution in [2.24, 2.45) is 0 Å². The first-order valence-corrected chi connectivity index (χ1v) is 6.57. The number of benzene rings is 1. The first kappa shape index (κ1) is 10.6. The van der Waals surface area contributed by atoms with Crippen LogP contribution >= 0.6 is 0 Å². The van der Waals surface area contributed by atoms with E-state index in [1.54, 1.807) is 6.20 Å². The number of rotatable bonds is 1. The zero-order valence-electron chi connectivity index (χ0n) is 10.5. The molecule has 0 saturated carbocycles. The van der Waals surface area contributed by atoms with Crippen molar-refractivity contribution in [3.05, 3.63) is 42.2 Å². The number of aryl methyl sites for hydroxylation is 1. The van der Waals surface area contributed by atoms with Gasteiger partial charge in [0.25, 0.3) is 0 Å². The minimum absolute atomic E-state index is 0.975. The summed E-state index contributed by atoms with van der Waals surface area (Å²) in [6, 6.07) is 8.56. The zero-order valence-corrected chi connectivity index (χ0v) is 10.5. The van der Waals surface area contributed by atoms with Crippen molar-refractivity contribution in [1.29, 1.82) is 0 Å². The molecular formula is C15H14N4. The summed E-state index contributed by atoms with van der Waals surface area (Å²) < 4.78 is 0. The van der Waals surface area contributed by atoms with Gasteiger partial charge in [0.1, 0.15) is 5.69 Å². The summed E-state index contributed by atoms with van der Waals surface area (Å²) in [5.41, 5.74) is 5.76. The first-order valence-electron chi connectivity index (χ1n) is 6.57. The molecule has 1 aliphatic heterocycles. The topological polar surface area (TPSA) is 53.6 Å². The van der Waals surface area contributed by atoms with Crippen LogP contribution in [0, 0.1) is 0 Å². The first-order chi connectivity index (χ1) is 9.42. The van der Waals surface area contributed by atoms with Crippen molar-refractivity contribution in [2.45, 2.75) is 12.8 Å². The van der Waals surface area contributed by atoms with Gasteiger partial charge in [-0.15, -0.1) is 0 Å². The fourth-order valence-corrected chi connectivity index (χ4v) is 2.69. The molecule has 0 amide bonds. The van der Waals surface area contributed by atoms with Crippen molar-refractivity contribution >= 4 is 16.6 Å². The largest absolute Gasteiger partial charge is 0.385 e. The lowest BCUT2D eigenvalue weighted by Gasteiger charge is -2.18. The number of anilines is 1. The van der Waals surface area contributed by atoms with E-state index in [1.165, 1.54) is 17.7 Å². The van der Waals surface area contributed by atoms with E-state index in [0.717, 1.165) is 35.1 Å². The Kier molecular flexibility index (Phi) is 2.27. The Morgan fingerprint density at radius 1 is 1.16 bits per heavy atom. The lowest BCUT2D eigenvalue weighted by atomic mass is 9.99. The van der Waals surface area contributed by atoms with Crippen LogP contribution in [0.25, 0.3) is 22.2 Å². The number of aromatic amines is 1. The van der Waals surface area contributed by atoms with E-state index in [-0.39, 0.29) is 0 Å². The van der Waals surface area contributed by atoms with Crippen LogP contribution in [0.4, 0.5) is 5.69 Å². The summed E-state index contributed by atoms with van der Waals surface area (Å²) in [4.78, 5) is 4.11. The maximum absolute atomic E-state index is 4.42. The summed E-state index contributed by atoms with van der Waals surface area (Å²) >= 11 is 0. The van der Waals surface area contributed by atoms with Gasteiger partial charge in [-0.3, -0.25) is 10.1 Å². The van der Waals surface area contributed by atoms with Crippen molar-refractivity contribution in [3.8, 4) is 11.3 Å². The summed E-state index contributed by atoms with van der Waals surface area (Å²) in [6.45, 7) is 1.06. The molecule has 3 heterocycles. The van der Waals surface area contributed by atoms with E-state index in [0.29, 0.717) is 0 Å². The van der Waals surface area contributed by atoms with Crippen LogP contribution < -0.4 is 5.32 Å². The minimum Gasteiger partial charge on any atom is -0.385 e. The van der Waals surface area contributed by atoms with E-state index in [2.05, 4.69) is 38.7 Å². The number of aromatic nitrogens is 3. The van der Waals surface area contributed by atoms with E-state index < -0.39 is 0 Å². The highest BCUT2D eigenvalue weighted by molar-refractivity contribution is 5.92. The van der Waals surface area contributed by atoms with E-state index in [9.17, 15) is 0 Å². The number of fused-ring (bicyclic) bond motifs is 2. The predicted molar refractivity (Wildman–Crippen MR) is 76.1 cm³/mol. The molecule has 0 saturated heterocycles. The van der Waals surface area contributed by atoms with Gasteiger partial charge in [-0.05, 0) is 30.5 Å². The number of hydrogen-bond donors (Lipinski definition) is 2. The normalized spacial score (nSPS) is 14.1. The molecule has 19 heavy (non-hydrogen) atoms. The van der Waals surface area contributed by atoms with Crippen molar-refractivity contribution in [2.75, 3.05) is 11.9 Å². The van der Waals surface area contributed by atoms with Crippen molar-refractivity contribution in [1.82, 2.24) is 15.2 Å². The van der Waals surface area contributed by atoms with Gasteiger partial charge in [-0.1, -0.05) is 12.1 Å². The second-order valence-electron chi connectivity index (χ2n) is 4.90. The molecule has 0 spiro atoms. The van der Waals surface area contributed by atoms with E-state index in [4.69, 9.17) is 0 Å². The fourth-order valence-electron chi connectivity index (χ4n) is 2.69. The van der Waals surface area contributed by atoms with Crippen LogP contribution in [0.3, 0.4) is 0 Å². The Morgan fingerprint density at radius 3 is 3.16 bits per heavy atom. The number of hydrogen-bond acceptors (Lipinski definition) is 3. The molecule has 0 fully saturated rings. The molecule has 0 aliphatic carbocycles. The third kappa shape index (κ3) is 1.68. The van der Waals surface area contributed by atoms with Gasteiger partial charge in [0, 0.05) is 29.4 Å². The van der Waals surface area contributed by atoms with Gasteiger partial charge in [0.15, 0.2) is 0 Å². The number of nitrogens with one attached hydrogen (secondary N) is 2. The van der Waals surface area contributed by atoms with Gasteiger partial charge in [-0.2, -0.15) is 5.10 Å². The van der Waals surface area contributed by atoms with Crippen LogP contribution in [0.2, 0.25) is 0 Å². The van der Waals surface area contributed by atoms with Gasteiger partial charge < -0.3 is 5.32 Å². The highest BCUT2D eigenvalue weighted by atomic mass is 15.1. The fraction of sp³-hybridized carbons (Fsp3) is 0.200. The molecule has 0 radical (unpaired) electrons. The van der Waals surface area contributed by atoms with Gasteiger partial charge in [0.05, 0.1) is 11.7 Å². The number of nitrogens with zero attached hydrogens (tertiary/aromatic N) is 2. The Bertz CT molecular complexity index is 745. The number of pyridine rings is 1. The van der Waals surface area contributed by atoms with Gasteiger partial charge >= 0.3 is 0 Å². The van der Waals surface area contributed by atoms with E-state index >= 15 is 0 Å². The second kappa shape index (κ2) is 4.09. The zero-order chi connectivity index (χ0) is 12.7. The third-order valence-corrected chi connectivity index (χ3v) is 3.69. The van der Waals surface area contributed by atoms with Crippen LogP contribution in [0.1, 0.15) is 12.0 Å². The molecule has 0 atom stereocenters. The molecule has 4 rings (SSSR count). The molecule has 4 heteroatoms.